The zero-order valence-corrected chi connectivity index (χ0v) is 12.2. The van der Waals surface area contributed by atoms with Gasteiger partial charge < -0.3 is 16.0 Å². The molecule has 1 aromatic rings. The van der Waals surface area contributed by atoms with E-state index < -0.39 is 0 Å². The fraction of sp³-hybridized carbons (Fsp3) is 0.615. The largest absolute Gasteiger partial charge is 0.397 e. The van der Waals surface area contributed by atoms with E-state index in [1.54, 1.807) is 6.20 Å². The second-order valence-electron chi connectivity index (χ2n) is 6.31. The molecule has 5 heteroatoms. The molecular weight excluding hydrogens is 248 g/mol. The molecule has 3 N–H and O–H groups in total. The predicted octanol–water partition coefficient (Wildman–Crippen LogP) is 2.28. The Bertz CT molecular complexity index is 440. The Labute approximate surface area is 114 Å². The van der Waals surface area contributed by atoms with E-state index in [0.29, 0.717) is 10.7 Å². The second kappa shape index (κ2) is 4.28. The van der Waals surface area contributed by atoms with Gasteiger partial charge in [-0.15, -0.1) is 0 Å². The molecule has 0 saturated carbocycles. The molecule has 0 amide bonds. The van der Waals surface area contributed by atoms with Gasteiger partial charge in [0.1, 0.15) is 5.82 Å². The van der Waals surface area contributed by atoms with E-state index in [4.69, 9.17) is 17.3 Å². The monoisotopic (exact) mass is 268 g/mol. The summed E-state index contributed by atoms with van der Waals surface area (Å²) in [7, 11) is 0. The molecule has 0 aromatic carbocycles. The van der Waals surface area contributed by atoms with E-state index in [1.165, 1.54) is 0 Å². The van der Waals surface area contributed by atoms with Crippen LogP contribution in [0.25, 0.3) is 0 Å². The molecule has 18 heavy (non-hydrogen) atoms. The Morgan fingerprint density at radius 1 is 1.28 bits per heavy atom. The molecule has 2 heterocycles. The lowest BCUT2D eigenvalue weighted by Crippen LogP contribution is -2.67. The molecule has 100 valence electrons. The van der Waals surface area contributed by atoms with Crippen molar-refractivity contribution < 1.29 is 0 Å². The van der Waals surface area contributed by atoms with Crippen LogP contribution in [0.15, 0.2) is 12.3 Å². The molecule has 2 rings (SSSR count). The highest BCUT2D eigenvalue weighted by Crippen LogP contribution is 2.28. The molecule has 0 radical (unpaired) electrons. The maximum atomic E-state index is 5.91. The minimum absolute atomic E-state index is 0.0395. The van der Waals surface area contributed by atoms with E-state index in [-0.39, 0.29) is 11.1 Å². The van der Waals surface area contributed by atoms with E-state index in [0.717, 1.165) is 18.9 Å². The van der Waals surface area contributed by atoms with Crippen LogP contribution in [0.5, 0.6) is 0 Å². The van der Waals surface area contributed by atoms with Crippen molar-refractivity contribution in [2.75, 3.05) is 23.7 Å². The van der Waals surface area contributed by atoms with Gasteiger partial charge in [-0.1, -0.05) is 11.6 Å². The third-order valence-electron chi connectivity index (χ3n) is 3.04. The third-order valence-corrected chi connectivity index (χ3v) is 3.36. The average molecular weight is 269 g/mol. The van der Waals surface area contributed by atoms with Gasteiger partial charge >= 0.3 is 0 Å². The number of rotatable bonds is 1. The van der Waals surface area contributed by atoms with E-state index in [1.807, 2.05) is 6.07 Å². The first-order chi connectivity index (χ1) is 8.19. The second-order valence-corrected chi connectivity index (χ2v) is 6.72. The van der Waals surface area contributed by atoms with Crippen LogP contribution in [-0.4, -0.2) is 29.2 Å². The molecule has 0 unspecified atom stereocenters. The summed E-state index contributed by atoms with van der Waals surface area (Å²) < 4.78 is 0. The maximum absolute atomic E-state index is 5.91. The van der Waals surface area contributed by atoms with Crippen LogP contribution in [0.1, 0.15) is 27.7 Å². The lowest BCUT2D eigenvalue weighted by atomic mass is 9.91. The number of hydrogen-bond acceptors (Lipinski definition) is 4. The molecule has 0 aliphatic carbocycles. The topological polar surface area (TPSA) is 54.2 Å². The average Bonchev–Trinajstić information content (AvgIpc) is 2.17. The first-order valence-electron chi connectivity index (χ1n) is 6.14. The minimum Gasteiger partial charge on any atom is -0.397 e. The van der Waals surface area contributed by atoms with Crippen LogP contribution in [0.2, 0.25) is 5.02 Å². The summed E-state index contributed by atoms with van der Waals surface area (Å²) in [6.07, 6.45) is 1.62. The lowest BCUT2D eigenvalue weighted by molar-refractivity contribution is 0.225. The molecule has 1 saturated heterocycles. The third kappa shape index (κ3) is 2.87. The summed E-state index contributed by atoms with van der Waals surface area (Å²) >= 11 is 5.91. The van der Waals surface area contributed by atoms with Crippen molar-refractivity contribution >= 4 is 23.1 Å². The minimum atomic E-state index is 0.0395. The number of piperazine rings is 1. The van der Waals surface area contributed by atoms with Gasteiger partial charge in [0.15, 0.2) is 0 Å². The standard InChI is InChI=1S/C13H21ClN4/c1-12(2)7-18(8-13(3,4)17-12)11-5-10(15)9(14)6-16-11/h5-6,17H,7-8H2,1-4H3,(H2,15,16). The number of nitrogens with two attached hydrogens (primary N) is 1. The number of aromatic nitrogens is 1. The zero-order valence-electron chi connectivity index (χ0n) is 11.4. The van der Waals surface area contributed by atoms with Gasteiger partial charge in [-0.3, -0.25) is 0 Å². The molecular formula is C13H21ClN4. The summed E-state index contributed by atoms with van der Waals surface area (Å²) in [4.78, 5) is 6.63. The van der Waals surface area contributed by atoms with E-state index in [9.17, 15) is 0 Å². The normalized spacial score (nSPS) is 21.9. The van der Waals surface area contributed by atoms with Crippen molar-refractivity contribution in [3.8, 4) is 0 Å². The molecule has 0 spiro atoms. The van der Waals surface area contributed by atoms with Crippen molar-refractivity contribution in [1.82, 2.24) is 10.3 Å². The highest BCUT2D eigenvalue weighted by molar-refractivity contribution is 6.32. The van der Waals surface area contributed by atoms with Gasteiger partial charge in [0.05, 0.1) is 10.7 Å². The first kappa shape index (κ1) is 13.4. The van der Waals surface area contributed by atoms with Gasteiger partial charge in [-0.05, 0) is 27.7 Å². The van der Waals surface area contributed by atoms with Crippen molar-refractivity contribution in [1.29, 1.82) is 0 Å². The quantitative estimate of drug-likeness (QED) is 0.821. The van der Waals surface area contributed by atoms with Crippen LogP contribution in [-0.2, 0) is 0 Å². The zero-order chi connectivity index (χ0) is 13.6. The molecule has 1 fully saturated rings. The van der Waals surface area contributed by atoms with E-state index >= 15 is 0 Å². The van der Waals surface area contributed by atoms with Gasteiger partial charge in [0.25, 0.3) is 0 Å². The van der Waals surface area contributed by atoms with Gasteiger partial charge in [-0.25, -0.2) is 4.98 Å². The number of pyridine rings is 1. The number of nitrogens with zero attached hydrogens (tertiary/aromatic N) is 2. The van der Waals surface area contributed by atoms with Gasteiger partial charge in [0, 0.05) is 36.4 Å². The number of hydrogen-bond donors (Lipinski definition) is 2. The van der Waals surface area contributed by atoms with Crippen molar-refractivity contribution in [3.63, 3.8) is 0 Å². The number of nitrogens with one attached hydrogen (secondary N) is 1. The first-order valence-corrected chi connectivity index (χ1v) is 6.52. The SMILES string of the molecule is CC1(C)CN(c2cc(N)c(Cl)cn2)CC(C)(C)N1. The van der Waals surface area contributed by atoms with Gasteiger partial charge in [-0.2, -0.15) is 0 Å². The van der Waals surface area contributed by atoms with Crippen molar-refractivity contribution in [3.05, 3.63) is 17.3 Å². The Hall–Kier alpha value is -1.00. The van der Waals surface area contributed by atoms with Crippen molar-refractivity contribution in [2.45, 2.75) is 38.8 Å². The molecule has 1 aromatic heterocycles. The Balaban J connectivity index is 2.29. The summed E-state index contributed by atoms with van der Waals surface area (Å²) in [5, 5.41) is 4.14. The predicted molar refractivity (Wildman–Crippen MR) is 77.2 cm³/mol. The summed E-state index contributed by atoms with van der Waals surface area (Å²) in [5.74, 6) is 0.888. The summed E-state index contributed by atoms with van der Waals surface area (Å²) in [6, 6.07) is 1.85. The number of halogens is 1. The molecule has 0 atom stereocenters. The lowest BCUT2D eigenvalue weighted by Gasteiger charge is -2.48. The van der Waals surface area contributed by atoms with Crippen LogP contribution in [0.3, 0.4) is 0 Å². The Morgan fingerprint density at radius 3 is 2.33 bits per heavy atom. The smallest absolute Gasteiger partial charge is 0.130 e. The highest BCUT2D eigenvalue weighted by Gasteiger charge is 2.36. The van der Waals surface area contributed by atoms with Crippen LogP contribution >= 0.6 is 11.6 Å². The number of nitrogen functional groups attached to an aromatic ring is 1. The number of anilines is 2. The van der Waals surface area contributed by atoms with Crippen molar-refractivity contribution in [2.24, 2.45) is 0 Å². The van der Waals surface area contributed by atoms with Crippen LogP contribution in [0.4, 0.5) is 11.5 Å². The maximum Gasteiger partial charge on any atom is 0.130 e. The van der Waals surface area contributed by atoms with Crippen LogP contribution in [0, 0.1) is 0 Å². The molecule has 1 aliphatic rings. The Kier molecular flexibility index (Phi) is 3.19. The summed E-state index contributed by atoms with van der Waals surface area (Å²) in [5.41, 5.74) is 6.51. The van der Waals surface area contributed by atoms with Crippen LogP contribution < -0.4 is 16.0 Å². The molecule has 0 bridgehead atoms. The highest BCUT2D eigenvalue weighted by atomic mass is 35.5. The fourth-order valence-corrected chi connectivity index (χ4v) is 2.89. The fourth-order valence-electron chi connectivity index (χ4n) is 2.78. The summed E-state index contributed by atoms with van der Waals surface area (Å²) in [6.45, 7) is 10.6. The van der Waals surface area contributed by atoms with E-state index in [2.05, 4.69) is 42.9 Å². The molecule has 4 nitrogen and oxygen atoms in total. The van der Waals surface area contributed by atoms with Gasteiger partial charge in [0.2, 0.25) is 0 Å². The Morgan fingerprint density at radius 2 is 1.83 bits per heavy atom. The molecule has 1 aliphatic heterocycles.